The summed E-state index contributed by atoms with van der Waals surface area (Å²) in [5, 5.41) is 7.31. The SMILES string of the molecule is NC1(c2ccc(-c3ncc(NC(=O)CC4CCCCC4)cc3-c3ccsc3)cc2)CCC1. The number of anilines is 1. The number of nitrogens with one attached hydrogen (secondary N) is 1. The van der Waals surface area contributed by atoms with Crippen LogP contribution in [0.3, 0.4) is 0 Å². The van der Waals surface area contributed by atoms with Crippen molar-refractivity contribution in [3.63, 3.8) is 0 Å². The van der Waals surface area contributed by atoms with E-state index in [1.54, 1.807) is 17.5 Å². The summed E-state index contributed by atoms with van der Waals surface area (Å²) >= 11 is 1.67. The van der Waals surface area contributed by atoms with E-state index in [0.717, 1.165) is 40.9 Å². The second-order valence-electron chi connectivity index (χ2n) is 9.48. The van der Waals surface area contributed by atoms with Gasteiger partial charge in [-0.3, -0.25) is 9.78 Å². The van der Waals surface area contributed by atoms with E-state index >= 15 is 0 Å². The predicted molar refractivity (Wildman–Crippen MR) is 133 cm³/mol. The normalized spacial score (nSPS) is 18.2. The molecule has 1 amide bonds. The van der Waals surface area contributed by atoms with Crippen LogP contribution in [0, 0.1) is 5.92 Å². The van der Waals surface area contributed by atoms with Gasteiger partial charge < -0.3 is 11.1 Å². The Bertz CT molecular complexity index is 1060. The van der Waals surface area contributed by atoms with Crippen LogP contribution in [-0.4, -0.2) is 10.9 Å². The van der Waals surface area contributed by atoms with Crippen molar-refractivity contribution in [2.75, 3.05) is 5.32 Å². The van der Waals surface area contributed by atoms with Crippen LogP contribution >= 0.6 is 11.3 Å². The Labute approximate surface area is 194 Å². The fraction of sp³-hybridized carbons (Fsp3) is 0.407. The minimum absolute atomic E-state index is 0.0980. The lowest BCUT2D eigenvalue weighted by Crippen LogP contribution is -2.43. The van der Waals surface area contributed by atoms with Crippen LogP contribution in [0.4, 0.5) is 5.69 Å². The maximum absolute atomic E-state index is 12.7. The zero-order valence-electron chi connectivity index (χ0n) is 18.5. The smallest absolute Gasteiger partial charge is 0.224 e. The number of benzene rings is 1. The molecule has 0 aliphatic heterocycles. The Hall–Kier alpha value is -2.50. The molecular weight excluding hydrogens is 414 g/mol. The lowest BCUT2D eigenvalue weighted by Gasteiger charge is -2.38. The van der Waals surface area contributed by atoms with Gasteiger partial charge in [-0.1, -0.05) is 43.5 Å². The van der Waals surface area contributed by atoms with E-state index in [1.165, 1.54) is 44.1 Å². The number of thiophene rings is 1. The molecule has 3 N–H and O–H groups in total. The minimum Gasteiger partial charge on any atom is -0.325 e. The molecule has 0 unspecified atom stereocenters. The molecule has 2 heterocycles. The Morgan fingerprint density at radius 1 is 1.06 bits per heavy atom. The molecule has 2 aromatic heterocycles. The number of rotatable bonds is 6. The number of nitrogens with two attached hydrogens (primary N) is 1. The molecule has 0 saturated heterocycles. The summed E-state index contributed by atoms with van der Waals surface area (Å²) < 4.78 is 0. The first-order valence-electron chi connectivity index (χ1n) is 11.8. The Kier molecular flexibility index (Phi) is 6.11. The Morgan fingerprint density at radius 3 is 2.50 bits per heavy atom. The van der Waals surface area contributed by atoms with Crippen LogP contribution in [0.5, 0.6) is 0 Å². The minimum atomic E-state index is -0.158. The molecule has 0 bridgehead atoms. The van der Waals surface area contributed by atoms with Gasteiger partial charge in [0.15, 0.2) is 0 Å². The molecule has 32 heavy (non-hydrogen) atoms. The molecular formula is C27H31N3OS. The van der Waals surface area contributed by atoms with E-state index in [2.05, 4.69) is 52.5 Å². The lowest BCUT2D eigenvalue weighted by molar-refractivity contribution is -0.117. The van der Waals surface area contributed by atoms with Crippen molar-refractivity contribution in [3.05, 3.63) is 58.9 Å². The first kappa shape index (κ1) is 21.4. The van der Waals surface area contributed by atoms with Crippen LogP contribution in [0.1, 0.15) is 63.4 Å². The average molecular weight is 446 g/mol. The number of carbonyl (C=O) groups excluding carboxylic acids is 1. The van der Waals surface area contributed by atoms with Gasteiger partial charge in [-0.05, 0) is 72.0 Å². The number of aromatic nitrogens is 1. The molecule has 1 aromatic carbocycles. The quantitative estimate of drug-likeness (QED) is 0.442. The van der Waals surface area contributed by atoms with Gasteiger partial charge in [0.05, 0.1) is 17.6 Å². The van der Waals surface area contributed by atoms with Gasteiger partial charge in [-0.15, -0.1) is 0 Å². The molecule has 5 rings (SSSR count). The monoisotopic (exact) mass is 445 g/mol. The van der Waals surface area contributed by atoms with Gasteiger partial charge in [-0.2, -0.15) is 11.3 Å². The molecule has 4 nitrogen and oxygen atoms in total. The van der Waals surface area contributed by atoms with E-state index in [4.69, 9.17) is 10.7 Å². The third-order valence-corrected chi connectivity index (χ3v) is 7.86. The first-order chi connectivity index (χ1) is 15.6. The average Bonchev–Trinajstić information content (AvgIpc) is 3.33. The molecule has 0 atom stereocenters. The van der Waals surface area contributed by atoms with E-state index in [0.29, 0.717) is 12.3 Å². The summed E-state index contributed by atoms with van der Waals surface area (Å²) in [5.74, 6) is 0.619. The van der Waals surface area contributed by atoms with Crippen molar-refractivity contribution in [1.82, 2.24) is 4.98 Å². The molecule has 2 fully saturated rings. The van der Waals surface area contributed by atoms with E-state index in [-0.39, 0.29) is 11.4 Å². The molecule has 0 radical (unpaired) electrons. The molecule has 5 heteroatoms. The fourth-order valence-electron chi connectivity index (χ4n) is 5.07. The van der Waals surface area contributed by atoms with Gasteiger partial charge in [0.2, 0.25) is 5.91 Å². The zero-order valence-corrected chi connectivity index (χ0v) is 19.3. The number of amides is 1. The van der Waals surface area contributed by atoms with Gasteiger partial charge >= 0.3 is 0 Å². The molecule has 166 valence electrons. The largest absolute Gasteiger partial charge is 0.325 e. The summed E-state index contributed by atoms with van der Waals surface area (Å²) in [7, 11) is 0. The number of carbonyl (C=O) groups is 1. The van der Waals surface area contributed by atoms with Gasteiger partial charge in [0.1, 0.15) is 0 Å². The molecule has 0 spiro atoms. The van der Waals surface area contributed by atoms with Crippen molar-refractivity contribution < 1.29 is 4.79 Å². The van der Waals surface area contributed by atoms with Crippen molar-refractivity contribution in [1.29, 1.82) is 0 Å². The lowest BCUT2D eigenvalue weighted by atomic mass is 9.72. The van der Waals surface area contributed by atoms with Crippen molar-refractivity contribution in [2.24, 2.45) is 11.7 Å². The second-order valence-corrected chi connectivity index (χ2v) is 10.3. The highest BCUT2D eigenvalue weighted by molar-refractivity contribution is 7.08. The summed E-state index contributed by atoms with van der Waals surface area (Å²) in [5.41, 5.74) is 12.5. The third-order valence-electron chi connectivity index (χ3n) is 7.18. The number of hydrogen-bond acceptors (Lipinski definition) is 4. The van der Waals surface area contributed by atoms with Gasteiger partial charge in [0.25, 0.3) is 0 Å². The molecule has 2 aliphatic rings. The topological polar surface area (TPSA) is 68.0 Å². The molecule has 2 saturated carbocycles. The van der Waals surface area contributed by atoms with Gasteiger partial charge in [-0.25, -0.2) is 0 Å². The highest BCUT2D eigenvalue weighted by Crippen LogP contribution is 2.40. The fourth-order valence-corrected chi connectivity index (χ4v) is 5.73. The van der Waals surface area contributed by atoms with Gasteiger partial charge in [0, 0.05) is 23.1 Å². The van der Waals surface area contributed by atoms with Crippen LogP contribution in [0.2, 0.25) is 0 Å². The van der Waals surface area contributed by atoms with Crippen molar-refractivity contribution in [2.45, 2.75) is 63.3 Å². The highest BCUT2D eigenvalue weighted by atomic mass is 32.1. The van der Waals surface area contributed by atoms with Crippen LogP contribution in [0.15, 0.2) is 53.4 Å². The Balaban J connectivity index is 1.39. The first-order valence-corrected chi connectivity index (χ1v) is 12.8. The van der Waals surface area contributed by atoms with Crippen molar-refractivity contribution >= 4 is 22.9 Å². The third kappa shape index (κ3) is 4.50. The van der Waals surface area contributed by atoms with Crippen LogP contribution in [-0.2, 0) is 10.3 Å². The second kappa shape index (κ2) is 9.16. The van der Waals surface area contributed by atoms with Crippen molar-refractivity contribution in [3.8, 4) is 22.4 Å². The van der Waals surface area contributed by atoms with Crippen LogP contribution in [0.25, 0.3) is 22.4 Å². The zero-order chi connectivity index (χ0) is 22.0. The summed E-state index contributed by atoms with van der Waals surface area (Å²) in [6.07, 6.45) is 11.9. The van der Waals surface area contributed by atoms with E-state index < -0.39 is 0 Å². The number of nitrogens with zero attached hydrogens (tertiary/aromatic N) is 1. The standard InChI is InChI=1S/C27H31N3OS/c28-27(12-4-13-27)22-9-7-20(8-10-22)26-24(21-11-14-32-18-21)16-23(17-29-26)30-25(31)15-19-5-2-1-3-6-19/h7-11,14,16-19H,1-6,12-13,15,28H2,(H,30,31). The highest BCUT2D eigenvalue weighted by Gasteiger charge is 2.34. The maximum atomic E-state index is 12.7. The Morgan fingerprint density at radius 2 is 1.84 bits per heavy atom. The summed E-state index contributed by atoms with van der Waals surface area (Å²) in [6, 6.07) is 12.7. The summed E-state index contributed by atoms with van der Waals surface area (Å²) in [4.78, 5) is 17.4. The predicted octanol–water partition coefficient (Wildman–Crippen LogP) is 6.72. The number of hydrogen-bond donors (Lipinski definition) is 2. The number of pyridine rings is 1. The molecule has 2 aliphatic carbocycles. The maximum Gasteiger partial charge on any atom is 0.224 e. The van der Waals surface area contributed by atoms with E-state index in [9.17, 15) is 4.79 Å². The summed E-state index contributed by atoms with van der Waals surface area (Å²) in [6.45, 7) is 0. The molecule has 3 aromatic rings. The van der Waals surface area contributed by atoms with E-state index in [1.807, 2.05) is 0 Å². The van der Waals surface area contributed by atoms with Crippen LogP contribution < -0.4 is 11.1 Å².